The van der Waals surface area contributed by atoms with Gasteiger partial charge < -0.3 is 15.2 Å². The van der Waals surface area contributed by atoms with Gasteiger partial charge in [0.2, 0.25) is 5.91 Å². The first-order valence-electron chi connectivity index (χ1n) is 11.6. The molecule has 2 atom stereocenters. The summed E-state index contributed by atoms with van der Waals surface area (Å²) in [6, 6.07) is 16.6. The number of carbonyl (C=O) groups is 3. The molecule has 4 rings (SSSR count). The summed E-state index contributed by atoms with van der Waals surface area (Å²) in [4.78, 5) is 37.8. The number of aromatic nitrogens is 1. The fourth-order valence-corrected chi connectivity index (χ4v) is 4.16. The van der Waals surface area contributed by atoms with Crippen molar-refractivity contribution in [2.24, 2.45) is 5.92 Å². The zero-order chi connectivity index (χ0) is 27.9. The van der Waals surface area contributed by atoms with Crippen LogP contribution in [0, 0.1) is 12.8 Å². The highest BCUT2D eigenvalue weighted by Gasteiger charge is 2.38. The SMILES string of the molecule is Cc1cc(COc2ccc(C(=O)N[C@@H]3CCC[C@@H]3C(=O)NO)cc2)c2ccccc2n1.O=C(O)C(F)(F)F. The Morgan fingerprint density at radius 3 is 2.37 bits per heavy atom. The summed E-state index contributed by atoms with van der Waals surface area (Å²) in [5, 5.41) is 20.0. The van der Waals surface area contributed by atoms with Gasteiger partial charge in [0, 0.05) is 28.2 Å². The molecule has 0 radical (unpaired) electrons. The van der Waals surface area contributed by atoms with Gasteiger partial charge in [0.25, 0.3) is 5.91 Å². The molecule has 2 amide bonds. The molecule has 12 heteroatoms. The first kappa shape index (κ1) is 28.4. The lowest BCUT2D eigenvalue weighted by molar-refractivity contribution is -0.192. The molecule has 9 nitrogen and oxygen atoms in total. The number of aliphatic carboxylic acids is 1. The number of alkyl halides is 3. The zero-order valence-corrected chi connectivity index (χ0v) is 20.3. The quantitative estimate of drug-likeness (QED) is 0.276. The van der Waals surface area contributed by atoms with Crippen molar-refractivity contribution in [3.63, 3.8) is 0 Å². The number of rotatable bonds is 6. The van der Waals surface area contributed by atoms with Gasteiger partial charge in [-0.15, -0.1) is 0 Å². The summed E-state index contributed by atoms with van der Waals surface area (Å²) < 4.78 is 37.7. The van der Waals surface area contributed by atoms with Crippen molar-refractivity contribution < 1.29 is 42.6 Å². The van der Waals surface area contributed by atoms with Gasteiger partial charge in [0.05, 0.1) is 11.4 Å². The number of halogens is 3. The molecular weight excluding hydrogens is 507 g/mol. The molecule has 4 N–H and O–H groups in total. The van der Waals surface area contributed by atoms with Crippen molar-refractivity contribution in [1.29, 1.82) is 0 Å². The first-order chi connectivity index (χ1) is 18.0. The normalized spacial score (nSPS) is 16.8. The third-order valence-electron chi connectivity index (χ3n) is 5.96. The van der Waals surface area contributed by atoms with Crippen molar-refractivity contribution in [2.45, 2.75) is 45.0 Å². The van der Waals surface area contributed by atoms with Gasteiger partial charge in [-0.25, -0.2) is 10.3 Å². The Kier molecular flexibility index (Phi) is 9.24. The molecule has 0 bridgehead atoms. The number of ether oxygens (including phenoxy) is 1. The van der Waals surface area contributed by atoms with Gasteiger partial charge in [-0.2, -0.15) is 13.2 Å². The fourth-order valence-electron chi connectivity index (χ4n) is 4.16. The van der Waals surface area contributed by atoms with Gasteiger partial charge >= 0.3 is 12.1 Å². The Bertz CT molecular complexity index is 1300. The number of para-hydroxylation sites is 1. The molecule has 2 aromatic carbocycles. The predicted molar refractivity (Wildman–Crippen MR) is 129 cm³/mol. The summed E-state index contributed by atoms with van der Waals surface area (Å²) in [6.07, 6.45) is -2.89. The average molecular weight is 534 g/mol. The number of benzene rings is 2. The zero-order valence-electron chi connectivity index (χ0n) is 20.3. The third kappa shape index (κ3) is 7.42. The molecule has 1 aliphatic carbocycles. The number of aryl methyl sites for hydroxylation is 1. The van der Waals surface area contributed by atoms with Gasteiger partial charge in [-0.05, 0) is 56.2 Å². The minimum atomic E-state index is -5.08. The minimum absolute atomic E-state index is 0.245. The number of hydrogen-bond acceptors (Lipinski definition) is 6. The number of nitrogens with one attached hydrogen (secondary N) is 2. The standard InChI is InChI=1S/C24H25N3O4.C2HF3O2/c1-15-13-17(19-5-2-3-7-21(19)25-15)14-31-18-11-9-16(10-12-18)23(28)26-22-8-4-6-20(22)24(29)27-30;3-2(4,5)1(6)7/h2-3,5,7,9-13,20,22,30H,4,6,8,14H2,1H3,(H,26,28)(H,27,29);(H,6,7)/t20-,22+;/m0./s1. The number of fused-ring (bicyclic) bond motifs is 1. The van der Waals surface area contributed by atoms with Crippen LogP contribution in [0.3, 0.4) is 0 Å². The van der Waals surface area contributed by atoms with Crippen molar-refractivity contribution in [3.05, 3.63) is 71.4 Å². The number of nitrogens with zero attached hydrogens (tertiary/aromatic N) is 1. The molecule has 3 aromatic rings. The highest BCUT2D eigenvalue weighted by molar-refractivity contribution is 5.95. The molecule has 1 aliphatic rings. The summed E-state index contributed by atoms with van der Waals surface area (Å²) in [6.45, 7) is 2.36. The van der Waals surface area contributed by atoms with Crippen LogP contribution in [0.4, 0.5) is 13.2 Å². The maximum Gasteiger partial charge on any atom is 0.490 e. The van der Waals surface area contributed by atoms with E-state index in [1.54, 1.807) is 29.7 Å². The molecule has 1 fully saturated rings. The topological polar surface area (TPSA) is 138 Å². The summed E-state index contributed by atoms with van der Waals surface area (Å²) in [5.41, 5.74) is 5.11. The maximum absolute atomic E-state index is 12.6. The largest absolute Gasteiger partial charge is 0.490 e. The van der Waals surface area contributed by atoms with Crippen LogP contribution in [0.2, 0.25) is 0 Å². The van der Waals surface area contributed by atoms with E-state index in [1.807, 2.05) is 37.3 Å². The molecule has 0 saturated heterocycles. The number of pyridine rings is 1. The summed E-state index contributed by atoms with van der Waals surface area (Å²) >= 11 is 0. The Morgan fingerprint density at radius 1 is 1.08 bits per heavy atom. The lowest BCUT2D eigenvalue weighted by Gasteiger charge is -2.19. The molecule has 38 heavy (non-hydrogen) atoms. The lowest BCUT2D eigenvalue weighted by atomic mass is 10.0. The second-order valence-electron chi connectivity index (χ2n) is 8.65. The number of carboxylic acids is 1. The van der Waals surface area contributed by atoms with Gasteiger partial charge in [-0.1, -0.05) is 24.6 Å². The predicted octanol–water partition coefficient (Wildman–Crippen LogP) is 4.16. The lowest BCUT2D eigenvalue weighted by Crippen LogP contribution is -2.43. The number of amides is 2. The van der Waals surface area contributed by atoms with Crippen LogP contribution < -0.4 is 15.5 Å². The van der Waals surface area contributed by atoms with E-state index in [2.05, 4.69) is 10.3 Å². The van der Waals surface area contributed by atoms with Crippen LogP contribution in [-0.4, -0.2) is 45.3 Å². The van der Waals surface area contributed by atoms with E-state index in [4.69, 9.17) is 19.8 Å². The Balaban J connectivity index is 0.000000505. The van der Waals surface area contributed by atoms with Crippen LogP contribution in [0.1, 0.15) is 40.9 Å². The van der Waals surface area contributed by atoms with Crippen molar-refractivity contribution in [3.8, 4) is 5.75 Å². The number of carboxylic acid groups (broad SMARTS) is 1. The smallest absolute Gasteiger partial charge is 0.489 e. The number of carbonyl (C=O) groups excluding carboxylic acids is 2. The summed E-state index contributed by atoms with van der Waals surface area (Å²) in [7, 11) is 0. The average Bonchev–Trinajstić information content (AvgIpc) is 3.34. The van der Waals surface area contributed by atoms with Gasteiger partial charge in [-0.3, -0.25) is 19.8 Å². The van der Waals surface area contributed by atoms with Crippen LogP contribution in [-0.2, 0) is 16.2 Å². The van der Waals surface area contributed by atoms with E-state index in [9.17, 15) is 22.8 Å². The van der Waals surface area contributed by atoms with Crippen molar-refractivity contribution in [2.75, 3.05) is 0 Å². The fraction of sp³-hybridized carbons (Fsp3) is 0.308. The second-order valence-corrected chi connectivity index (χ2v) is 8.65. The van der Waals surface area contributed by atoms with Gasteiger partial charge in [0.1, 0.15) is 12.4 Å². The molecule has 202 valence electrons. The Hall–Kier alpha value is -4.19. The first-order valence-corrected chi connectivity index (χ1v) is 11.6. The maximum atomic E-state index is 12.6. The minimum Gasteiger partial charge on any atom is -0.489 e. The molecule has 1 aromatic heterocycles. The van der Waals surface area contributed by atoms with Gasteiger partial charge in [0.15, 0.2) is 0 Å². The molecule has 1 heterocycles. The van der Waals surface area contributed by atoms with Crippen LogP contribution in [0.25, 0.3) is 10.9 Å². The third-order valence-corrected chi connectivity index (χ3v) is 5.96. The Morgan fingerprint density at radius 2 is 1.74 bits per heavy atom. The molecule has 0 spiro atoms. The molecular formula is C26H26F3N3O6. The molecule has 0 unspecified atom stereocenters. The van der Waals surface area contributed by atoms with E-state index < -0.39 is 24.0 Å². The highest BCUT2D eigenvalue weighted by atomic mass is 19.4. The van der Waals surface area contributed by atoms with Crippen molar-refractivity contribution >= 4 is 28.7 Å². The van der Waals surface area contributed by atoms with E-state index in [0.717, 1.165) is 28.6 Å². The van der Waals surface area contributed by atoms with E-state index in [0.29, 0.717) is 30.8 Å². The summed E-state index contributed by atoms with van der Waals surface area (Å²) in [5.74, 6) is -3.20. The molecule has 1 saturated carbocycles. The number of hydrogen-bond donors (Lipinski definition) is 4. The monoisotopic (exact) mass is 533 g/mol. The van der Waals surface area contributed by atoms with Crippen LogP contribution in [0.15, 0.2) is 54.6 Å². The van der Waals surface area contributed by atoms with E-state index >= 15 is 0 Å². The van der Waals surface area contributed by atoms with E-state index in [1.165, 1.54) is 0 Å². The Labute approximate surface area is 215 Å². The van der Waals surface area contributed by atoms with Crippen LogP contribution in [0.5, 0.6) is 5.75 Å². The highest BCUT2D eigenvalue weighted by Crippen LogP contribution is 2.26. The number of hydroxylamine groups is 1. The molecule has 0 aliphatic heterocycles. The van der Waals surface area contributed by atoms with Crippen molar-refractivity contribution in [1.82, 2.24) is 15.8 Å². The van der Waals surface area contributed by atoms with Crippen LogP contribution >= 0.6 is 0 Å². The second kappa shape index (κ2) is 12.4. The van der Waals surface area contributed by atoms with E-state index in [-0.39, 0.29) is 11.9 Å².